The van der Waals surface area contributed by atoms with Gasteiger partial charge in [-0.1, -0.05) is 0 Å². The molecule has 1 atom stereocenters. The van der Waals surface area contributed by atoms with Gasteiger partial charge in [-0.25, -0.2) is 4.79 Å². The number of aromatic amines is 2. The molecule has 1 amide bonds. The molecule has 7 nitrogen and oxygen atoms in total. The number of rotatable bonds is 3. The first kappa shape index (κ1) is 16.3. The van der Waals surface area contributed by atoms with Gasteiger partial charge in [0, 0.05) is 24.9 Å². The molecule has 0 spiro atoms. The maximum atomic E-state index is 12.6. The van der Waals surface area contributed by atoms with Crippen molar-refractivity contribution in [2.75, 3.05) is 13.7 Å². The molecule has 1 aliphatic rings. The van der Waals surface area contributed by atoms with Crippen LogP contribution in [0.25, 0.3) is 0 Å². The number of alkyl halides is 3. The van der Waals surface area contributed by atoms with Crippen LogP contribution < -0.4 is 11.2 Å². The minimum atomic E-state index is -4.64. The summed E-state index contributed by atoms with van der Waals surface area (Å²) in [4.78, 5) is 40.4. The van der Waals surface area contributed by atoms with Crippen molar-refractivity contribution < 1.29 is 22.7 Å². The van der Waals surface area contributed by atoms with E-state index in [0.717, 1.165) is 12.0 Å². The van der Waals surface area contributed by atoms with E-state index in [1.54, 1.807) is 0 Å². The van der Waals surface area contributed by atoms with Gasteiger partial charge in [0.25, 0.3) is 5.56 Å². The van der Waals surface area contributed by atoms with Crippen LogP contribution in [0.2, 0.25) is 0 Å². The lowest BCUT2D eigenvalue weighted by molar-refractivity contribution is -0.215. The summed E-state index contributed by atoms with van der Waals surface area (Å²) in [6.45, 7) is -0.00311. The summed E-state index contributed by atoms with van der Waals surface area (Å²) in [5, 5.41) is 0. The first-order valence-electron chi connectivity index (χ1n) is 6.44. The Hall–Kier alpha value is -2.10. The van der Waals surface area contributed by atoms with E-state index in [1.807, 2.05) is 0 Å². The van der Waals surface area contributed by atoms with E-state index in [1.165, 1.54) is 0 Å². The average Bonchev–Trinajstić information content (AvgIpc) is 2.42. The Kier molecular flexibility index (Phi) is 4.40. The van der Waals surface area contributed by atoms with Crippen LogP contribution in [-0.2, 0) is 22.5 Å². The maximum Gasteiger partial charge on any atom is 0.415 e. The molecule has 0 fully saturated rings. The number of aromatic nitrogens is 2. The van der Waals surface area contributed by atoms with Crippen LogP contribution in [0, 0.1) is 0 Å². The zero-order valence-corrected chi connectivity index (χ0v) is 11.6. The highest BCUT2D eigenvalue weighted by molar-refractivity contribution is 5.77. The zero-order valence-electron chi connectivity index (χ0n) is 11.6. The number of nitrogens with one attached hydrogen (secondary N) is 2. The number of hydrogen-bond acceptors (Lipinski definition) is 4. The number of carbonyl (C=O) groups is 1. The molecular formula is C12H14F3N3O4. The molecule has 0 aromatic carbocycles. The summed E-state index contributed by atoms with van der Waals surface area (Å²) in [7, 11) is 0.883. The lowest BCUT2D eigenvalue weighted by Crippen LogP contribution is -2.44. The SMILES string of the molecule is COC(CC(=O)N1CCc2c([nH]c(=O)[nH]c2=O)C1)C(F)(F)F. The molecule has 10 heteroatoms. The molecule has 1 aliphatic heterocycles. The largest absolute Gasteiger partial charge is 0.415 e. The molecule has 22 heavy (non-hydrogen) atoms. The van der Waals surface area contributed by atoms with Crippen LogP contribution in [0.3, 0.4) is 0 Å². The van der Waals surface area contributed by atoms with Gasteiger partial charge in [0.2, 0.25) is 5.91 Å². The first-order chi connectivity index (χ1) is 10.2. The van der Waals surface area contributed by atoms with Gasteiger partial charge >= 0.3 is 11.9 Å². The molecule has 1 aromatic rings. The van der Waals surface area contributed by atoms with Gasteiger partial charge in [-0.05, 0) is 6.42 Å². The molecule has 2 N–H and O–H groups in total. The first-order valence-corrected chi connectivity index (χ1v) is 6.44. The molecule has 122 valence electrons. The number of amides is 1. The minimum Gasteiger partial charge on any atom is -0.371 e. The van der Waals surface area contributed by atoms with E-state index < -0.39 is 35.9 Å². The monoisotopic (exact) mass is 321 g/mol. The van der Waals surface area contributed by atoms with E-state index >= 15 is 0 Å². The predicted octanol–water partition coefficient (Wildman–Crippen LogP) is -0.0847. The third-order valence-corrected chi connectivity index (χ3v) is 3.47. The Morgan fingerprint density at radius 1 is 1.36 bits per heavy atom. The van der Waals surface area contributed by atoms with Gasteiger partial charge in [-0.15, -0.1) is 0 Å². The summed E-state index contributed by atoms with van der Waals surface area (Å²) in [6, 6.07) is 0. The van der Waals surface area contributed by atoms with Gasteiger partial charge in [0.1, 0.15) is 0 Å². The number of nitrogens with zero attached hydrogens (tertiary/aromatic N) is 1. The van der Waals surface area contributed by atoms with Crippen molar-refractivity contribution in [3.63, 3.8) is 0 Å². The Morgan fingerprint density at radius 3 is 2.64 bits per heavy atom. The third kappa shape index (κ3) is 3.38. The second-order valence-corrected chi connectivity index (χ2v) is 4.90. The van der Waals surface area contributed by atoms with E-state index in [9.17, 15) is 27.6 Å². The van der Waals surface area contributed by atoms with Crippen molar-refractivity contribution >= 4 is 5.91 Å². The molecule has 2 heterocycles. The zero-order chi connectivity index (χ0) is 16.5. The number of halogens is 3. The fourth-order valence-electron chi connectivity index (χ4n) is 2.31. The van der Waals surface area contributed by atoms with Crippen molar-refractivity contribution in [3.8, 4) is 0 Å². The molecule has 0 radical (unpaired) electrons. The molecule has 2 rings (SSSR count). The number of hydrogen-bond donors (Lipinski definition) is 2. The lowest BCUT2D eigenvalue weighted by Gasteiger charge is -2.29. The molecule has 0 saturated heterocycles. The lowest BCUT2D eigenvalue weighted by atomic mass is 10.1. The highest BCUT2D eigenvalue weighted by Crippen LogP contribution is 2.26. The van der Waals surface area contributed by atoms with Crippen molar-refractivity contribution in [1.82, 2.24) is 14.9 Å². The molecular weight excluding hydrogens is 307 g/mol. The number of methoxy groups -OCH3 is 1. The fourth-order valence-corrected chi connectivity index (χ4v) is 2.31. The fraction of sp³-hybridized carbons (Fsp3) is 0.583. The van der Waals surface area contributed by atoms with Gasteiger partial charge in [-0.3, -0.25) is 14.6 Å². The quantitative estimate of drug-likeness (QED) is 0.814. The van der Waals surface area contributed by atoms with Crippen LogP contribution in [0.4, 0.5) is 13.2 Å². The smallest absolute Gasteiger partial charge is 0.371 e. The Morgan fingerprint density at radius 2 is 2.05 bits per heavy atom. The highest BCUT2D eigenvalue weighted by atomic mass is 19.4. The van der Waals surface area contributed by atoms with Crippen LogP contribution in [0.5, 0.6) is 0 Å². The summed E-state index contributed by atoms with van der Waals surface area (Å²) in [5.74, 6) is -0.754. The van der Waals surface area contributed by atoms with Gasteiger partial charge in [-0.2, -0.15) is 13.2 Å². The molecule has 0 aliphatic carbocycles. The van der Waals surface area contributed by atoms with Gasteiger partial charge < -0.3 is 14.6 Å². The molecule has 1 unspecified atom stereocenters. The number of ether oxygens (including phenoxy) is 1. The number of fused-ring (bicyclic) bond motifs is 1. The van der Waals surface area contributed by atoms with Gasteiger partial charge in [0.15, 0.2) is 6.10 Å². The Balaban J connectivity index is 2.14. The molecule has 0 bridgehead atoms. The van der Waals surface area contributed by atoms with Crippen molar-refractivity contribution in [3.05, 3.63) is 32.1 Å². The Labute approximate surface area is 122 Å². The predicted molar refractivity (Wildman–Crippen MR) is 68.3 cm³/mol. The van der Waals surface area contributed by atoms with Crippen molar-refractivity contribution in [2.24, 2.45) is 0 Å². The van der Waals surface area contributed by atoms with Crippen LogP contribution in [0.15, 0.2) is 9.59 Å². The highest BCUT2D eigenvalue weighted by Gasteiger charge is 2.42. The van der Waals surface area contributed by atoms with E-state index in [4.69, 9.17) is 0 Å². The van der Waals surface area contributed by atoms with Crippen LogP contribution in [0.1, 0.15) is 17.7 Å². The topological polar surface area (TPSA) is 95.3 Å². The summed E-state index contributed by atoms with van der Waals surface area (Å²) in [5.41, 5.74) is -0.684. The van der Waals surface area contributed by atoms with Crippen molar-refractivity contribution in [2.45, 2.75) is 31.7 Å². The summed E-state index contributed by atoms with van der Waals surface area (Å²) >= 11 is 0. The third-order valence-electron chi connectivity index (χ3n) is 3.47. The maximum absolute atomic E-state index is 12.6. The molecule has 0 saturated carbocycles. The van der Waals surface area contributed by atoms with Crippen LogP contribution in [-0.4, -0.2) is 46.7 Å². The standard InChI is InChI=1S/C12H14F3N3O4/c1-22-8(12(13,14)15)4-9(19)18-3-2-6-7(5-18)16-11(21)17-10(6)20/h8H,2-5H2,1H3,(H2,16,17,20,21). The number of carbonyl (C=O) groups excluding carboxylic acids is 1. The normalized spacial score (nSPS) is 16.3. The minimum absolute atomic E-state index is 0.106. The average molecular weight is 321 g/mol. The summed E-state index contributed by atoms with van der Waals surface area (Å²) < 4.78 is 42.1. The number of H-pyrrole nitrogens is 2. The second kappa shape index (κ2) is 5.95. The van der Waals surface area contributed by atoms with Crippen LogP contribution >= 0.6 is 0 Å². The molecule has 1 aromatic heterocycles. The van der Waals surface area contributed by atoms with E-state index in [-0.39, 0.29) is 25.2 Å². The van der Waals surface area contributed by atoms with E-state index in [0.29, 0.717) is 5.56 Å². The summed E-state index contributed by atoms with van der Waals surface area (Å²) in [6.07, 6.45) is -7.50. The van der Waals surface area contributed by atoms with Gasteiger partial charge in [0.05, 0.1) is 13.0 Å². The van der Waals surface area contributed by atoms with E-state index in [2.05, 4.69) is 14.7 Å². The second-order valence-electron chi connectivity index (χ2n) is 4.90. The Bertz CT molecular complexity index is 679. The van der Waals surface area contributed by atoms with Crippen molar-refractivity contribution in [1.29, 1.82) is 0 Å².